The number of nitro benzene ring substituents is 1. The molecule has 0 saturated carbocycles. The molecule has 2 amide bonds. The second-order valence-corrected chi connectivity index (χ2v) is 6.09. The Morgan fingerprint density at radius 3 is 2.30 bits per heavy atom. The number of likely N-dealkylation sites (tertiary alicyclic amines) is 1. The highest BCUT2D eigenvalue weighted by Crippen LogP contribution is 2.34. The maximum atomic E-state index is 12.5. The van der Waals surface area contributed by atoms with Gasteiger partial charge in [-0.15, -0.1) is 0 Å². The van der Waals surface area contributed by atoms with Crippen molar-refractivity contribution in [2.45, 2.75) is 12.8 Å². The summed E-state index contributed by atoms with van der Waals surface area (Å²) in [7, 11) is 4.09. The van der Waals surface area contributed by atoms with Gasteiger partial charge in [0.25, 0.3) is 11.6 Å². The van der Waals surface area contributed by atoms with E-state index in [9.17, 15) is 19.7 Å². The van der Waals surface area contributed by atoms with Gasteiger partial charge in [-0.2, -0.15) is 0 Å². The summed E-state index contributed by atoms with van der Waals surface area (Å²) >= 11 is 0. The highest BCUT2D eigenvalue weighted by Gasteiger charge is 2.27. The van der Waals surface area contributed by atoms with Crippen LogP contribution in [-0.4, -0.2) is 62.8 Å². The third-order valence-electron chi connectivity index (χ3n) is 4.54. The first-order valence-corrected chi connectivity index (χ1v) is 8.42. The van der Waals surface area contributed by atoms with Crippen LogP contribution in [0, 0.1) is 16.0 Å². The molecule has 0 spiro atoms. The van der Waals surface area contributed by atoms with E-state index in [0.29, 0.717) is 32.5 Å². The van der Waals surface area contributed by atoms with Crippen LogP contribution in [0.15, 0.2) is 12.1 Å². The molecule has 1 saturated heterocycles. The summed E-state index contributed by atoms with van der Waals surface area (Å²) in [6.07, 6.45) is 1.06. The molecule has 0 bridgehead atoms. The molecular formula is C17H23N3O7. The van der Waals surface area contributed by atoms with Crippen molar-refractivity contribution in [1.82, 2.24) is 10.2 Å². The third kappa shape index (κ3) is 4.78. The largest absolute Gasteiger partial charge is 0.493 e. The Kier molecular flexibility index (Phi) is 6.80. The SMILES string of the molecule is COC(=O)N1CCC(CNC(=O)c2cc(OC)c(OC)cc2[N+](=O)[O-])CC1. The molecule has 0 radical (unpaired) electrons. The fourth-order valence-electron chi connectivity index (χ4n) is 2.98. The van der Waals surface area contributed by atoms with Crippen molar-refractivity contribution in [3.63, 3.8) is 0 Å². The minimum Gasteiger partial charge on any atom is -0.493 e. The van der Waals surface area contributed by atoms with Crippen LogP contribution >= 0.6 is 0 Å². The van der Waals surface area contributed by atoms with E-state index < -0.39 is 10.8 Å². The molecule has 2 rings (SSSR count). The Bertz CT molecular complexity index is 715. The molecule has 1 aliphatic rings. The molecule has 1 aromatic carbocycles. The van der Waals surface area contributed by atoms with Crippen LogP contribution in [0.4, 0.5) is 10.5 Å². The summed E-state index contributed by atoms with van der Waals surface area (Å²) in [5, 5.41) is 14.0. The summed E-state index contributed by atoms with van der Waals surface area (Å²) in [5.41, 5.74) is -0.449. The molecule has 0 atom stereocenters. The van der Waals surface area contributed by atoms with Crippen LogP contribution in [0.5, 0.6) is 11.5 Å². The average Bonchev–Trinajstić information content (AvgIpc) is 2.70. The van der Waals surface area contributed by atoms with Crippen molar-refractivity contribution in [3.8, 4) is 11.5 Å². The number of hydrogen-bond acceptors (Lipinski definition) is 7. The molecule has 10 heteroatoms. The number of ether oxygens (including phenoxy) is 3. The van der Waals surface area contributed by atoms with Crippen molar-refractivity contribution >= 4 is 17.7 Å². The summed E-state index contributed by atoms with van der Waals surface area (Å²) in [6, 6.07) is 2.47. The lowest BCUT2D eigenvalue weighted by molar-refractivity contribution is -0.385. The van der Waals surface area contributed by atoms with Gasteiger partial charge in [0.1, 0.15) is 5.56 Å². The second kappa shape index (κ2) is 9.06. The number of benzene rings is 1. The van der Waals surface area contributed by atoms with Crippen LogP contribution in [0.25, 0.3) is 0 Å². The average molecular weight is 381 g/mol. The molecule has 1 fully saturated rings. The van der Waals surface area contributed by atoms with E-state index in [2.05, 4.69) is 10.1 Å². The van der Waals surface area contributed by atoms with Crippen LogP contribution < -0.4 is 14.8 Å². The molecule has 10 nitrogen and oxygen atoms in total. The van der Waals surface area contributed by atoms with E-state index in [1.54, 1.807) is 4.90 Å². The van der Waals surface area contributed by atoms with Gasteiger partial charge in [-0.3, -0.25) is 14.9 Å². The fraction of sp³-hybridized carbons (Fsp3) is 0.529. The van der Waals surface area contributed by atoms with Gasteiger partial charge < -0.3 is 24.4 Å². The monoisotopic (exact) mass is 381 g/mol. The first kappa shape index (κ1) is 20.3. The van der Waals surface area contributed by atoms with Crippen LogP contribution in [0.2, 0.25) is 0 Å². The molecule has 148 valence electrons. The molecule has 1 N–H and O–H groups in total. The maximum Gasteiger partial charge on any atom is 0.409 e. The topological polar surface area (TPSA) is 120 Å². The Balaban J connectivity index is 2.04. The van der Waals surface area contributed by atoms with E-state index in [0.717, 1.165) is 0 Å². The summed E-state index contributed by atoms with van der Waals surface area (Å²) in [6.45, 7) is 1.45. The number of nitro groups is 1. The zero-order valence-corrected chi connectivity index (χ0v) is 15.5. The Hall–Kier alpha value is -3.04. The van der Waals surface area contributed by atoms with Gasteiger partial charge in [0.05, 0.1) is 32.3 Å². The predicted molar refractivity (Wildman–Crippen MR) is 95.2 cm³/mol. The first-order chi connectivity index (χ1) is 12.9. The first-order valence-electron chi connectivity index (χ1n) is 8.42. The number of carbonyl (C=O) groups is 2. The molecule has 1 aliphatic heterocycles. The molecule has 27 heavy (non-hydrogen) atoms. The molecule has 0 aromatic heterocycles. The van der Waals surface area contributed by atoms with E-state index in [-0.39, 0.29) is 34.8 Å². The summed E-state index contributed by atoms with van der Waals surface area (Å²) in [4.78, 5) is 36.3. The summed E-state index contributed by atoms with van der Waals surface area (Å²) in [5.74, 6) is 0.0303. The lowest BCUT2D eigenvalue weighted by Gasteiger charge is -2.30. The molecular weight excluding hydrogens is 358 g/mol. The van der Waals surface area contributed by atoms with Gasteiger partial charge >= 0.3 is 6.09 Å². The number of hydrogen-bond donors (Lipinski definition) is 1. The highest BCUT2D eigenvalue weighted by molar-refractivity contribution is 5.99. The van der Waals surface area contributed by atoms with E-state index in [1.165, 1.54) is 33.5 Å². The van der Waals surface area contributed by atoms with Gasteiger partial charge in [0, 0.05) is 25.7 Å². The number of amides is 2. The molecule has 1 heterocycles. The van der Waals surface area contributed by atoms with Gasteiger partial charge in [-0.1, -0.05) is 0 Å². The second-order valence-electron chi connectivity index (χ2n) is 6.09. The lowest BCUT2D eigenvalue weighted by atomic mass is 9.97. The minimum absolute atomic E-state index is 0.0929. The van der Waals surface area contributed by atoms with E-state index in [4.69, 9.17) is 9.47 Å². The predicted octanol–water partition coefficient (Wildman–Crippen LogP) is 1.82. The molecule has 1 aromatic rings. The molecule has 0 aliphatic carbocycles. The van der Waals surface area contributed by atoms with Crippen molar-refractivity contribution in [3.05, 3.63) is 27.8 Å². The molecule has 0 unspecified atom stereocenters. The number of carbonyl (C=O) groups excluding carboxylic acids is 2. The number of nitrogens with one attached hydrogen (secondary N) is 1. The Morgan fingerprint density at radius 1 is 1.19 bits per heavy atom. The minimum atomic E-state index is -0.633. The van der Waals surface area contributed by atoms with Crippen molar-refractivity contribution in [2.75, 3.05) is 41.0 Å². The van der Waals surface area contributed by atoms with Gasteiger partial charge in [-0.25, -0.2) is 4.79 Å². The fourth-order valence-corrected chi connectivity index (χ4v) is 2.98. The zero-order chi connectivity index (χ0) is 20.0. The van der Waals surface area contributed by atoms with Gasteiger partial charge in [0.2, 0.25) is 0 Å². The Morgan fingerprint density at radius 2 is 1.78 bits per heavy atom. The standard InChI is InChI=1S/C17H23N3O7/c1-25-14-8-12(13(20(23)24)9-15(14)26-2)16(21)18-10-11-4-6-19(7-5-11)17(22)27-3/h8-9,11H,4-7,10H2,1-3H3,(H,18,21). The number of rotatable bonds is 6. The quantitative estimate of drug-likeness (QED) is 0.589. The summed E-state index contributed by atoms with van der Waals surface area (Å²) < 4.78 is 14.9. The number of nitrogens with zero attached hydrogens (tertiary/aromatic N) is 2. The van der Waals surface area contributed by atoms with Crippen LogP contribution in [0.3, 0.4) is 0 Å². The van der Waals surface area contributed by atoms with Gasteiger partial charge in [0.15, 0.2) is 11.5 Å². The highest BCUT2D eigenvalue weighted by atomic mass is 16.6. The van der Waals surface area contributed by atoms with Crippen LogP contribution in [0.1, 0.15) is 23.2 Å². The number of methoxy groups -OCH3 is 3. The smallest absolute Gasteiger partial charge is 0.409 e. The van der Waals surface area contributed by atoms with Crippen molar-refractivity contribution in [1.29, 1.82) is 0 Å². The van der Waals surface area contributed by atoms with Crippen LogP contribution in [-0.2, 0) is 4.74 Å². The van der Waals surface area contributed by atoms with E-state index >= 15 is 0 Å². The maximum absolute atomic E-state index is 12.5. The van der Waals surface area contributed by atoms with Crippen molar-refractivity contribution in [2.24, 2.45) is 5.92 Å². The Labute approximate surface area is 156 Å². The third-order valence-corrected chi connectivity index (χ3v) is 4.54. The van der Waals surface area contributed by atoms with Gasteiger partial charge in [-0.05, 0) is 18.8 Å². The number of piperidine rings is 1. The normalized spacial score (nSPS) is 14.4. The van der Waals surface area contributed by atoms with Crippen molar-refractivity contribution < 1.29 is 28.7 Å². The zero-order valence-electron chi connectivity index (χ0n) is 15.5. The lowest BCUT2D eigenvalue weighted by Crippen LogP contribution is -2.41. The van der Waals surface area contributed by atoms with E-state index in [1.807, 2.05) is 0 Å².